The quantitative estimate of drug-likeness (QED) is 0.0614. The maximum Gasteiger partial charge on any atom is 0.328 e. The molecule has 6 N–H and O–H groups in total. The highest BCUT2D eigenvalue weighted by atomic mass is 16.5. The molecule has 2 rings (SSSR count). The smallest absolute Gasteiger partial charge is 0.328 e. The topological polar surface area (TPSA) is 177 Å². The summed E-state index contributed by atoms with van der Waals surface area (Å²) in [6, 6.07) is 14.7. The highest BCUT2D eigenvalue weighted by Crippen LogP contribution is 2.11. The number of ether oxygens (including phenoxy) is 1. The van der Waals surface area contributed by atoms with Gasteiger partial charge in [0.25, 0.3) is 0 Å². The van der Waals surface area contributed by atoms with Crippen molar-refractivity contribution in [3.8, 4) is 0 Å². The number of primary amides is 1. The zero-order valence-corrected chi connectivity index (χ0v) is 27.9. The summed E-state index contributed by atoms with van der Waals surface area (Å²) in [4.78, 5) is 63.9. The molecule has 11 nitrogen and oxygen atoms in total. The number of hydrogen-bond acceptors (Lipinski definition) is 7. The third kappa shape index (κ3) is 16.9. The third-order valence-corrected chi connectivity index (χ3v) is 7.81. The van der Waals surface area contributed by atoms with E-state index in [9.17, 15) is 29.1 Å². The molecule has 0 fully saturated rings. The van der Waals surface area contributed by atoms with E-state index >= 15 is 0 Å². The maximum atomic E-state index is 13.6. The van der Waals surface area contributed by atoms with Gasteiger partial charge >= 0.3 is 5.97 Å². The van der Waals surface area contributed by atoms with Gasteiger partial charge in [0.1, 0.15) is 18.1 Å². The Morgan fingerprint density at radius 3 is 1.90 bits per heavy atom. The third-order valence-electron chi connectivity index (χ3n) is 7.81. The fourth-order valence-electron chi connectivity index (χ4n) is 5.05. The van der Waals surface area contributed by atoms with Crippen LogP contribution in [-0.4, -0.2) is 66.0 Å². The molecule has 0 unspecified atom stereocenters. The number of rotatable bonds is 25. The average molecular weight is 665 g/mol. The molecule has 0 bridgehead atoms. The second kappa shape index (κ2) is 23.8. The van der Waals surface area contributed by atoms with E-state index in [1.807, 2.05) is 42.5 Å². The molecule has 4 amide bonds. The van der Waals surface area contributed by atoms with Crippen LogP contribution in [0.5, 0.6) is 0 Å². The zero-order chi connectivity index (χ0) is 35.0. The number of nitrogens with one attached hydrogen (secondary N) is 3. The summed E-state index contributed by atoms with van der Waals surface area (Å²) in [5.41, 5.74) is 7.00. The number of carbonyl (C=O) groups is 5. The Kier molecular flexibility index (Phi) is 19.6. The number of esters is 1. The van der Waals surface area contributed by atoms with Gasteiger partial charge < -0.3 is 31.5 Å². The maximum absolute atomic E-state index is 13.6. The Balaban J connectivity index is 2.01. The van der Waals surface area contributed by atoms with Gasteiger partial charge in [-0.2, -0.15) is 0 Å². The van der Waals surface area contributed by atoms with Crippen molar-refractivity contribution in [1.82, 2.24) is 16.0 Å². The lowest BCUT2D eigenvalue weighted by molar-refractivity contribution is -0.148. The molecule has 0 spiro atoms. The number of hydrogen-bond donors (Lipinski definition) is 5. The van der Waals surface area contributed by atoms with Gasteiger partial charge in [-0.3, -0.25) is 19.2 Å². The van der Waals surface area contributed by atoms with E-state index in [0.29, 0.717) is 12.8 Å². The Morgan fingerprint density at radius 1 is 0.729 bits per heavy atom. The lowest BCUT2D eigenvalue weighted by Crippen LogP contribution is -2.57. The predicted octanol–water partition coefficient (Wildman–Crippen LogP) is 3.42. The van der Waals surface area contributed by atoms with Crippen molar-refractivity contribution >= 4 is 29.6 Å². The lowest BCUT2D eigenvalue weighted by atomic mass is 10.0. The average Bonchev–Trinajstić information content (AvgIpc) is 3.09. The molecule has 2 aromatic carbocycles. The normalized spacial score (nSPS) is 12.6. The van der Waals surface area contributed by atoms with Crippen LogP contribution in [0.4, 0.5) is 0 Å². The number of allylic oxidation sites excluding steroid dienone is 1. The van der Waals surface area contributed by atoms with Crippen molar-refractivity contribution in [2.75, 3.05) is 13.2 Å². The first-order valence-corrected chi connectivity index (χ1v) is 16.9. The van der Waals surface area contributed by atoms with E-state index in [1.165, 1.54) is 0 Å². The number of aliphatic hydroxyl groups is 1. The Bertz CT molecular complexity index is 1270. The van der Waals surface area contributed by atoms with Crippen molar-refractivity contribution in [3.63, 3.8) is 0 Å². The molecule has 3 atom stereocenters. The van der Waals surface area contributed by atoms with Crippen LogP contribution in [-0.2, 0) is 41.6 Å². The summed E-state index contributed by atoms with van der Waals surface area (Å²) in [7, 11) is 0. The molecule has 0 aromatic heterocycles. The summed E-state index contributed by atoms with van der Waals surface area (Å²) in [5.74, 6) is -3.23. The Labute approximate surface area is 284 Å². The number of benzene rings is 2. The Morgan fingerprint density at radius 2 is 1.29 bits per heavy atom. The van der Waals surface area contributed by atoms with Crippen LogP contribution in [0, 0.1) is 0 Å². The van der Waals surface area contributed by atoms with Gasteiger partial charge in [0.05, 0.1) is 13.2 Å². The van der Waals surface area contributed by atoms with Gasteiger partial charge in [-0.1, -0.05) is 98.8 Å². The number of nitrogens with two attached hydrogens (primary N) is 1. The predicted molar refractivity (Wildman–Crippen MR) is 184 cm³/mol. The van der Waals surface area contributed by atoms with Gasteiger partial charge in [-0.05, 0) is 43.2 Å². The fraction of sp³-hybridized carbons (Fsp3) is 0.486. The van der Waals surface area contributed by atoms with Crippen molar-refractivity contribution in [2.45, 2.75) is 102 Å². The minimum atomic E-state index is -1.30. The van der Waals surface area contributed by atoms with Crippen LogP contribution in [0.1, 0.15) is 81.8 Å². The van der Waals surface area contributed by atoms with E-state index in [4.69, 9.17) is 10.5 Å². The summed E-state index contributed by atoms with van der Waals surface area (Å²) in [6.07, 6.45) is 10.5. The molecule has 0 heterocycles. The van der Waals surface area contributed by atoms with E-state index in [-0.39, 0.29) is 32.3 Å². The standard InChI is InChI=1S/C37H52N4O7/c1-2-3-4-5-6-7-8-9-16-25-48-37(47)30(22-23-33(38)43)40-35(45)31(26-29-19-14-11-15-20-29)41-36(46)32(27-42)39-34(44)24-21-28-17-12-10-13-18-28/h2,10-15,17-20,30-32,42H,1,3-9,16,21-27H2,(H2,38,43)(H,39,44)(H,40,45)(H,41,46)/t30-,31-,32-/m0/s1. The monoisotopic (exact) mass is 664 g/mol. The van der Waals surface area contributed by atoms with Gasteiger partial charge in [0.2, 0.25) is 23.6 Å². The second-order valence-corrected chi connectivity index (χ2v) is 11.8. The van der Waals surface area contributed by atoms with Gasteiger partial charge in [-0.15, -0.1) is 6.58 Å². The molecule has 0 saturated heterocycles. The van der Waals surface area contributed by atoms with Crippen molar-refractivity contribution < 1.29 is 33.8 Å². The number of unbranched alkanes of at least 4 members (excludes halogenated alkanes) is 7. The summed E-state index contributed by atoms with van der Waals surface area (Å²) in [6.45, 7) is 3.22. The minimum absolute atomic E-state index is 0.0592. The summed E-state index contributed by atoms with van der Waals surface area (Å²) >= 11 is 0. The van der Waals surface area contributed by atoms with E-state index < -0.39 is 54.3 Å². The molecular formula is C37H52N4O7. The first kappa shape index (κ1) is 39.7. The molecule has 262 valence electrons. The van der Waals surface area contributed by atoms with E-state index in [1.54, 1.807) is 24.3 Å². The summed E-state index contributed by atoms with van der Waals surface area (Å²) in [5, 5.41) is 17.7. The van der Waals surface area contributed by atoms with Crippen LogP contribution in [0.15, 0.2) is 73.3 Å². The molecule has 48 heavy (non-hydrogen) atoms. The zero-order valence-electron chi connectivity index (χ0n) is 27.9. The van der Waals surface area contributed by atoms with Crippen LogP contribution in [0.2, 0.25) is 0 Å². The summed E-state index contributed by atoms with van der Waals surface area (Å²) < 4.78 is 5.45. The van der Waals surface area contributed by atoms with Crippen molar-refractivity contribution in [2.24, 2.45) is 5.73 Å². The first-order valence-electron chi connectivity index (χ1n) is 16.9. The number of amides is 4. The second-order valence-electron chi connectivity index (χ2n) is 11.8. The number of aryl methyl sites for hydroxylation is 1. The molecule has 0 aliphatic heterocycles. The van der Waals surface area contributed by atoms with Gasteiger partial charge in [-0.25, -0.2) is 4.79 Å². The van der Waals surface area contributed by atoms with Gasteiger partial charge in [0, 0.05) is 19.3 Å². The molecule has 0 radical (unpaired) electrons. The largest absolute Gasteiger partial charge is 0.464 e. The lowest BCUT2D eigenvalue weighted by Gasteiger charge is -2.24. The molecule has 11 heteroatoms. The minimum Gasteiger partial charge on any atom is -0.464 e. The van der Waals surface area contributed by atoms with Crippen LogP contribution >= 0.6 is 0 Å². The highest BCUT2D eigenvalue weighted by Gasteiger charge is 2.30. The molecule has 2 aromatic rings. The van der Waals surface area contributed by atoms with Crippen molar-refractivity contribution in [3.05, 3.63) is 84.4 Å². The van der Waals surface area contributed by atoms with Crippen LogP contribution in [0.3, 0.4) is 0 Å². The SMILES string of the molecule is C=CCCCCCCCCCOC(=O)[C@H](CCC(N)=O)NC(=O)[C@H](Cc1ccccc1)NC(=O)[C@H](CO)NC(=O)CCc1ccccc1. The number of aliphatic hydroxyl groups excluding tert-OH is 1. The van der Waals surface area contributed by atoms with Crippen LogP contribution in [0.25, 0.3) is 0 Å². The van der Waals surface area contributed by atoms with Crippen molar-refractivity contribution in [1.29, 1.82) is 0 Å². The fourth-order valence-corrected chi connectivity index (χ4v) is 5.05. The molecule has 0 aliphatic rings. The van der Waals surface area contributed by atoms with E-state index in [2.05, 4.69) is 22.5 Å². The number of carbonyl (C=O) groups excluding carboxylic acids is 5. The highest BCUT2D eigenvalue weighted by molar-refractivity contribution is 5.94. The van der Waals surface area contributed by atoms with Crippen LogP contribution < -0.4 is 21.7 Å². The Hall–Kier alpha value is -4.51. The first-order chi connectivity index (χ1) is 23.2. The molecule has 0 saturated carbocycles. The van der Waals surface area contributed by atoms with E-state index in [0.717, 1.165) is 56.1 Å². The van der Waals surface area contributed by atoms with Gasteiger partial charge in [0.15, 0.2) is 0 Å². The molecule has 0 aliphatic carbocycles. The molecular weight excluding hydrogens is 612 g/mol.